The number of hydrogen-bond donors (Lipinski definition) is 0. The van der Waals surface area contributed by atoms with E-state index < -0.39 is 0 Å². The Labute approximate surface area is 75.6 Å². The van der Waals surface area contributed by atoms with E-state index in [2.05, 4.69) is 4.90 Å². The maximum atomic E-state index is 10.2. The van der Waals surface area contributed by atoms with Crippen LogP contribution in [0.3, 0.4) is 0 Å². The minimum atomic E-state index is 0.111. The molecule has 1 heterocycles. The third kappa shape index (κ3) is 4.07. The lowest BCUT2D eigenvalue weighted by atomic mass is 10.1. The molecule has 0 bridgehead atoms. The quantitative estimate of drug-likeness (QED) is 0.579. The third-order valence-electron chi connectivity index (χ3n) is 2.57. The summed E-state index contributed by atoms with van der Waals surface area (Å²) in [6, 6.07) is 0. The third-order valence-corrected chi connectivity index (χ3v) is 2.57. The summed E-state index contributed by atoms with van der Waals surface area (Å²) in [5, 5.41) is 10.2. The summed E-state index contributed by atoms with van der Waals surface area (Å²) in [5.41, 5.74) is 0. The van der Waals surface area contributed by atoms with Crippen LogP contribution in [0, 0.1) is 0 Å². The smallest absolute Gasteiger partial charge is 0.0822 e. The molecule has 1 aliphatic rings. The Kier molecular flexibility index (Phi) is 5.37. The monoisotopic (exact) mass is 170 g/mol. The second-order valence-corrected chi connectivity index (χ2v) is 3.67. The van der Waals surface area contributed by atoms with Gasteiger partial charge in [0.1, 0.15) is 0 Å². The first-order chi connectivity index (χ1) is 5.93. The van der Waals surface area contributed by atoms with E-state index in [1.165, 1.54) is 45.3 Å². The highest BCUT2D eigenvalue weighted by molar-refractivity contribution is 4.63. The Hall–Kier alpha value is -0.0800. The summed E-state index contributed by atoms with van der Waals surface area (Å²) in [7, 11) is 0. The van der Waals surface area contributed by atoms with Crippen molar-refractivity contribution in [3.8, 4) is 0 Å². The molecule has 1 aliphatic heterocycles. The molecule has 0 aromatic heterocycles. The van der Waals surface area contributed by atoms with Gasteiger partial charge in [0, 0.05) is 0 Å². The molecule has 0 atom stereocenters. The number of piperidine rings is 1. The highest BCUT2D eigenvalue weighted by Gasteiger charge is 2.08. The Balaban J connectivity index is 1.91. The Morgan fingerprint density at radius 3 is 2.33 bits per heavy atom. The fourth-order valence-corrected chi connectivity index (χ4v) is 1.80. The summed E-state index contributed by atoms with van der Waals surface area (Å²) in [4.78, 5) is 2.54. The zero-order valence-corrected chi connectivity index (χ0v) is 7.93. The van der Waals surface area contributed by atoms with Crippen molar-refractivity contribution in [1.29, 1.82) is 0 Å². The maximum Gasteiger partial charge on any atom is 0.0822 e. The van der Waals surface area contributed by atoms with Gasteiger partial charge in [0.25, 0.3) is 0 Å². The molecule has 2 nitrogen and oxygen atoms in total. The van der Waals surface area contributed by atoms with Crippen molar-refractivity contribution in [1.82, 2.24) is 4.90 Å². The number of unbranched alkanes of at least 4 members (excludes halogenated alkanes) is 2. The van der Waals surface area contributed by atoms with E-state index >= 15 is 0 Å². The lowest BCUT2D eigenvalue weighted by Gasteiger charge is -2.26. The van der Waals surface area contributed by atoms with Crippen molar-refractivity contribution in [3.63, 3.8) is 0 Å². The molecule has 71 valence electrons. The van der Waals surface area contributed by atoms with E-state index in [9.17, 15) is 5.11 Å². The zero-order valence-electron chi connectivity index (χ0n) is 7.93. The zero-order chi connectivity index (χ0) is 8.65. The molecule has 0 aromatic rings. The van der Waals surface area contributed by atoms with Crippen molar-refractivity contribution in [2.45, 2.75) is 38.5 Å². The van der Waals surface area contributed by atoms with Gasteiger partial charge in [-0.25, -0.2) is 5.11 Å². The van der Waals surface area contributed by atoms with Gasteiger partial charge in [-0.05, 0) is 51.7 Å². The SMILES string of the molecule is [O]CCCCCN1CCCCC1. The number of nitrogens with zero attached hydrogens (tertiary/aromatic N) is 1. The molecule has 0 amide bonds. The van der Waals surface area contributed by atoms with Gasteiger partial charge < -0.3 is 4.90 Å². The summed E-state index contributed by atoms with van der Waals surface area (Å²) < 4.78 is 0. The van der Waals surface area contributed by atoms with Crippen molar-refractivity contribution in [2.24, 2.45) is 0 Å². The van der Waals surface area contributed by atoms with Gasteiger partial charge in [-0.3, -0.25) is 0 Å². The van der Waals surface area contributed by atoms with E-state index in [0.717, 1.165) is 12.8 Å². The van der Waals surface area contributed by atoms with E-state index in [1.54, 1.807) is 0 Å². The molecule has 0 saturated carbocycles. The summed E-state index contributed by atoms with van der Waals surface area (Å²) >= 11 is 0. The van der Waals surface area contributed by atoms with E-state index in [0.29, 0.717) is 0 Å². The minimum Gasteiger partial charge on any atom is -0.303 e. The van der Waals surface area contributed by atoms with Crippen LogP contribution in [-0.4, -0.2) is 31.1 Å². The number of hydrogen-bond acceptors (Lipinski definition) is 1. The van der Waals surface area contributed by atoms with Crippen molar-refractivity contribution >= 4 is 0 Å². The summed E-state index contributed by atoms with van der Waals surface area (Å²) in [5.74, 6) is 0. The van der Waals surface area contributed by atoms with Gasteiger partial charge in [0.2, 0.25) is 0 Å². The molecule has 1 rings (SSSR count). The van der Waals surface area contributed by atoms with E-state index in [1.807, 2.05) is 0 Å². The minimum absolute atomic E-state index is 0.111. The van der Waals surface area contributed by atoms with Gasteiger partial charge in [0.15, 0.2) is 0 Å². The average molecular weight is 170 g/mol. The standard InChI is InChI=1S/C10H20NO/c12-10-6-2-5-9-11-7-3-1-4-8-11/h1-10H2. The molecule has 12 heavy (non-hydrogen) atoms. The maximum absolute atomic E-state index is 10.2. The fraction of sp³-hybridized carbons (Fsp3) is 1.00. The average Bonchev–Trinajstić information content (AvgIpc) is 2.14. The molecule has 0 aliphatic carbocycles. The lowest BCUT2D eigenvalue weighted by Crippen LogP contribution is -2.30. The number of likely N-dealkylation sites (tertiary alicyclic amines) is 1. The van der Waals surface area contributed by atoms with Crippen LogP contribution in [0.15, 0.2) is 0 Å². The molecule has 0 aromatic carbocycles. The van der Waals surface area contributed by atoms with Gasteiger partial charge in [-0.1, -0.05) is 6.42 Å². The van der Waals surface area contributed by atoms with E-state index in [-0.39, 0.29) is 6.61 Å². The van der Waals surface area contributed by atoms with Crippen LogP contribution in [-0.2, 0) is 5.11 Å². The second-order valence-electron chi connectivity index (χ2n) is 3.67. The Morgan fingerprint density at radius 2 is 1.67 bits per heavy atom. The molecule has 1 fully saturated rings. The molecule has 1 radical (unpaired) electrons. The lowest BCUT2D eigenvalue weighted by molar-refractivity contribution is 0.180. The van der Waals surface area contributed by atoms with Crippen LogP contribution in [0.4, 0.5) is 0 Å². The highest BCUT2D eigenvalue weighted by Crippen LogP contribution is 2.09. The predicted octanol–water partition coefficient (Wildman–Crippen LogP) is 2.07. The normalized spacial score (nSPS) is 19.8. The highest BCUT2D eigenvalue weighted by atomic mass is 16.2. The predicted molar refractivity (Wildman–Crippen MR) is 49.7 cm³/mol. The molecule has 0 unspecified atom stereocenters. The van der Waals surface area contributed by atoms with Gasteiger partial charge >= 0.3 is 0 Å². The first kappa shape index (κ1) is 10.0. The topological polar surface area (TPSA) is 23.1 Å². The molecular weight excluding hydrogens is 150 g/mol. The van der Waals surface area contributed by atoms with Crippen LogP contribution >= 0.6 is 0 Å². The Morgan fingerprint density at radius 1 is 0.917 bits per heavy atom. The first-order valence-electron chi connectivity index (χ1n) is 5.24. The molecule has 2 heteroatoms. The summed E-state index contributed by atoms with van der Waals surface area (Å²) in [6.45, 7) is 3.91. The van der Waals surface area contributed by atoms with Crippen molar-refractivity contribution in [3.05, 3.63) is 0 Å². The molecule has 0 N–H and O–H groups in total. The van der Waals surface area contributed by atoms with Crippen LogP contribution in [0.25, 0.3) is 0 Å². The van der Waals surface area contributed by atoms with Gasteiger partial charge in [-0.2, -0.15) is 0 Å². The van der Waals surface area contributed by atoms with E-state index in [4.69, 9.17) is 0 Å². The fourth-order valence-electron chi connectivity index (χ4n) is 1.80. The van der Waals surface area contributed by atoms with Gasteiger partial charge in [-0.15, -0.1) is 0 Å². The largest absolute Gasteiger partial charge is 0.303 e. The number of rotatable bonds is 5. The molecule has 0 spiro atoms. The molecule has 1 saturated heterocycles. The van der Waals surface area contributed by atoms with Gasteiger partial charge in [0.05, 0.1) is 6.61 Å². The Bertz CT molecular complexity index is 100. The molecular formula is C10H20NO. The van der Waals surface area contributed by atoms with Crippen LogP contribution < -0.4 is 0 Å². The first-order valence-corrected chi connectivity index (χ1v) is 5.24. The van der Waals surface area contributed by atoms with Crippen molar-refractivity contribution in [2.75, 3.05) is 26.2 Å². The van der Waals surface area contributed by atoms with Crippen LogP contribution in [0.2, 0.25) is 0 Å². The van der Waals surface area contributed by atoms with Crippen molar-refractivity contribution < 1.29 is 5.11 Å². The van der Waals surface area contributed by atoms with Crippen LogP contribution in [0.5, 0.6) is 0 Å². The second kappa shape index (κ2) is 6.44. The summed E-state index contributed by atoms with van der Waals surface area (Å²) in [6.07, 6.45) is 7.39. The van der Waals surface area contributed by atoms with Crippen LogP contribution in [0.1, 0.15) is 38.5 Å².